The molecule has 3 nitrogen and oxygen atoms in total. The number of halogens is 6. The van der Waals surface area contributed by atoms with Crippen LogP contribution in [0.4, 0.5) is 32.0 Å². The summed E-state index contributed by atoms with van der Waals surface area (Å²) in [5, 5.41) is 2.35. The highest BCUT2D eigenvalue weighted by Gasteiger charge is 2.31. The predicted octanol–water partition coefficient (Wildman–Crippen LogP) is 6.40. The van der Waals surface area contributed by atoms with Crippen LogP contribution in [0, 0.1) is 0 Å². The Morgan fingerprint density at radius 2 is 1.22 bits per heavy atom. The Morgan fingerprint density at radius 1 is 0.688 bits per heavy atom. The van der Waals surface area contributed by atoms with Crippen molar-refractivity contribution >= 4 is 17.4 Å². The van der Waals surface area contributed by atoms with Crippen molar-refractivity contribution in [2.75, 3.05) is 5.32 Å². The highest BCUT2D eigenvalue weighted by Crippen LogP contribution is 2.31. The number of amides is 1. The number of hydrogen-bond donors (Lipinski definition) is 1. The first kappa shape index (κ1) is 23.1. The van der Waals surface area contributed by atoms with E-state index in [0.717, 1.165) is 30.3 Å². The van der Waals surface area contributed by atoms with Crippen molar-refractivity contribution in [2.45, 2.75) is 18.8 Å². The first-order valence-electron chi connectivity index (χ1n) is 9.21. The molecule has 32 heavy (non-hydrogen) atoms. The van der Waals surface area contributed by atoms with Gasteiger partial charge in [-0.05, 0) is 42.0 Å². The number of ketones is 1. The molecular weight excluding hydrogens is 436 g/mol. The minimum Gasteiger partial charge on any atom is -0.322 e. The van der Waals surface area contributed by atoms with Gasteiger partial charge in [-0.3, -0.25) is 9.59 Å². The Morgan fingerprint density at radius 3 is 1.81 bits per heavy atom. The molecule has 3 aromatic rings. The molecule has 0 radical (unpaired) electrons. The summed E-state index contributed by atoms with van der Waals surface area (Å²) in [6.45, 7) is 0. The Balaban J connectivity index is 1.68. The Kier molecular flexibility index (Phi) is 6.38. The van der Waals surface area contributed by atoms with Gasteiger partial charge in [0.15, 0.2) is 5.78 Å². The molecule has 0 saturated carbocycles. The second-order valence-electron chi connectivity index (χ2n) is 6.91. The van der Waals surface area contributed by atoms with E-state index in [1.54, 1.807) is 0 Å². The standard InChI is InChI=1S/C23H15F6NO2/c24-22(25,26)17-4-1-3-14(11-17)12-20(31)15-7-9-16(10-8-15)21(32)30-19-6-2-5-18(13-19)23(27,28)29/h1-11,13H,12H2,(H,30,32). The average molecular weight is 451 g/mol. The molecule has 9 heteroatoms. The molecule has 0 unspecified atom stereocenters. The molecule has 0 aliphatic rings. The van der Waals surface area contributed by atoms with Crippen LogP contribution in [0.15, 0.2) is 72.8 Å². The predicted molar refractivity (Wildman–Crippen MR) is 105 cm³/mol. The van der Waals surface area contributed by atoms with Crippen LogP contribution in [0.1, 0.15) is 37.4 Å². The number of carbonyl (C=O) groups excluding carboxylic acids is 2. The maximum atomic E-state index is 12.8. The summed E-state index contributed by atoms with van der Waals surface area (Å²) in [5.41, 5.74) is -1.35. The number of hydrogen-bond acceptors (Lipinski definition) is 2. The summed E-state index contributed by atoms with van der Waals surface area (Å²) in [4.78, 5) is 24.7. The molecule has 166 valence electrons. The molecule has 3 aromatic carbocycles. The number of carbonyl (C=O) groups is 2. The molecule has 0 spiro atoms. The molecule has 0 aromatic heterocycles. The number of alkyl halides is 6. The summed E-state index contributed by atoms with van der Waals surface area (Å²) < 4.78 is 76.8. The van der Waals surface area contributed by atoms with Gasteiger partial charge in [-0.15, -0.1) is 0 Å². The maximum absolute atomic E-state index is 12.8. The highest BCUT2D eigenvalue weighted by atomic mass is 19.4. The van der Waals surface area contributed by atoms with Gasteiger partial charge in [0.25, 0.3) is 5.91 Å². The van der Waals surface area contributed by atoms with Gasteiger partial charge in [0, 0.05) is 23.2 Å². The lowest BCUT2D eigenvalue weighted by Crippen LogP contribution is -2.13. The number of nitrogens with one attached hydrogen (secondary N) is 1. The zero-order valence-electron chi connectivity index (χ0n) is 16.2. The monoisotopic (exact) mass is 451 g/mol. The number of Topliss-reactive ketones (excluding diaryl/α,β-unsaturated/α-hetero) is 1. The fourth-order valence-corrected chi connectivity index (χ4v) is 2.93. The summed E-state index contributed by atoms with van der Waals surface area (Å²) in [7, 11) is 0. The van der Waals surface area contributed by atoms with E-state index in [2.05, 4.69) is 5.32 Å². The van der Waals surface area contributed by atoms with Crippen LogP contribution in [0.3, 0.4) is 0 Å². The van der Waals surface area contributed by atoms with Crippen molar-refractivity contribution in [3.05, 3.63) is 101 Å². The van der Waals surface area contributed by atoms with Crippen molar-refractivity contribution < 1.29 is 35.9 Å². The van der Waals surface area contributed by atoms with E-state index < -0.39 is 35.2 Å². The average Bonchev–Trinajstić information content (AvgIpc) is 2.73. The van der Waals surface area contributed by atoms with E-state index >= 15 is 0 Å². The third-order valence-corrected chi connectivity index (χ3v) is 4.54. The molecule has 1 N–H and O–H groups in total. The number of anilines is 1. The summed E-state index contributed by atoms with van der Waals surface area (Å²) in [6, 6.07) is 13.8. The molecule has 0 atom stereocenters. The van der Waals surface area contributed by atoms with Gasteiger partial charge in [0.05, 0.1) is 11.1 Å². The van der Waals surface area contributed by atoms with E-state index in [1.807, 2.05) is 0 Å². The molecule has 3 rings (SSSR count). The van der Waals surface area contributed by atoms with Crippen LogP contribution >= 0.6 is 0 Å². The van der Waals surface area contributed by atoms with Gasteiger partial charge >= 0.3 is 12.4 Å². The van der Waals surface area contributed by atoms with Crippen LogP contribution in [0.25, 0.3) is 0 Å². The van der Waals surface area contributed by atoms with Crippen LogP contribution in [0.5, 0.6) is 0 Å². The molecule has 0 saturated heterocycles. The Hall–Kier alpha value is -3.62. The smallest absolute Gasteiger partial charge is 0.322 e. The van der Waals surface area contributed by atoms with Crippen molar-refractivity contribution in [1.82, 2.24) is 0 Å². The first-order valence-corrected chi connectivity index (χ1v) is 9.21. The van der Waals surface area contributed by atoms with E-state index in [4.69, 9.17) is 0 Å². The SMILES string of the molecule is O=C(Cc1cccc(C(F)(F)F)c1)c1ccc(C(=O)Nc2cccc(C(F)(F)F)c2)cc1. The van der Waals surface area contributed by atoms with Crippen molar-refractivity contribution in [2.24, 2.45) is 0 Å². The van der Waals surface area contributed by atoms with Crippen molar-refractivity contribution in [1.29, 1.82) is 0 Å². The van der Waals surface area contributed by atoms with Gasteiger partial charge in [-0.2, -0.15) is 26.3 Å². The fourth-order valence-electron chi connectivity index (χ4n) is 2.93. The quantitative estimate of drug-likeness (QED) is 0.360. The molecule has 0 aliphatic carbocycles. The van der Waals surface area contributed by atoms with Crippen molar-refractivity contribution in [3.63, 3.8) is 0 Å². The molecule has 0 heterocycles. The van der Waals surface area contributed by atoms with E-state index in [0.29, 0.717) is 0 Å². The minimum atomic E-state index is -4.55. The second kappa shape index (κ2) is 8.86. The summed E-state index contributed by atoms with van der Waals surface area (Å²) in [6.07, 6.45) is -9.34. The Bertz CT molecular complexity index is 1040. The lowest BCUT2D eigenvalue weighted by Gasteiger charge is -2.10. The van der Waals surface area contributed by atoms with Crippen molar-refractivity contribution in [3.8, 4) is 0 Å². The van der Waals surface area contributed by atoms with Crippen LogP contribution < -0.4 is 5.32 Å². The summed E-state index contributed by atoms with van der Waals surface area (Å²) >= 11 is 0. The van der Waals surface area contributed by atoms with Crippen LogP contribution in [-0.2, 0) is 18.8 Å². The zero-order valence-corrected chi connectivity index (χ0v) is 16.2. The van der Waals surface area contributed by atoms with E-state index in [-0.39, 0.29) is 28.8 Å². The molecule has 1 amide bonds. The fraction of sp³-hybridized carbons (Fsp3) is 0.130. The second-order valence-corrected chi connectivity index (χ2v) is 6.91. The molecule has 0 fully saturated rings. The highest BCUT2D eigenvalue weighted by molar-refractivity contribution is 6.05. The van der Waals surface area contributed by atoms with Gasteiger partial charge in [0.1, 0.15) is 0 Å². The summed E-state index contributed by atoms with van der Waals surface area (Å²) in [5.74, 6) is -1.13. The van der Waals surface area contributed by atoms with Gasteiger partial charge in [0.2, 0.25) is 0 Å². The normalized spacial score (nSPS) is 11.8. The third-order valence-electron chi connectivity index (χ3n) is 4.54. The molecule has 0 bridgehead atoms. The van der Waals surface area contributed by atoms with Gasteiger partial charge < -0.3 is 5.32 Å². The van der Waals surface area contributed by atoms with E-state index in [1.165, 1.54) is 42.5 Å². The number of rotatable bonds is 5. The van der Waals surface area contributed by atoms with Gasteiger partial charge in [-0.25, -0.2) is 0 Å². The first-order chi connectivity index (χ1) is 14.9. The Labute approximate surface area is 178 Å². The lowest BCUT2D eigenvalue weighted by molar-refractivity contribution is -0.138. The lowest BCUT2D eigenvalue weighted by atomic mass is 10.00. The number of benzene rings is 3. The zero-order chi connectivity index (χ0) is 23.5. The molecule has 0 aliphatic heterocycles. The van der Waals surface area contributed by atoms with Crippen LogP contribution in [0.2, 0.25) is 0 Å². The topological polar surface area (TPSA) is 46.2 Å². The maximum Gasteiger partial charge on any atom is 0.416 e. The minimum absolute atomic E-state index is 0.0467. The van der Waals surface area contributed by atoms with E-state index in [9.17, 15) is 35.9 Å². The van der Waals surface area contributed by atoms with Crippen LogP contribution in [-0.4, -0.2) is 11.7 Å². The largest absolute Gasteiger partial charge is 0.416 e. The molecular formula is C23H15F6NO2. The van der Waals surface area contributed by atoms with Gasteiger partial charge in [-0.1, -0.05) is 36.4 Å². The third kappa shape index (κ3) is 5.75.